The van der Waals surface area contributed by atoms with Crippen LogP contribution in [0.2, 0.25) is 0 Å². The second kappa shape index (κ2) is 7.16. The summed E-state index contributed by atoms with van der Waals surface area (Å²) in [5.74, 6) is 0. The van der Waals surface area contributed by atoms with Crippen LogP contribution in [0, 0.1) is 0 Å². The van der Waals surface area contributed by atoms with Gasteiger partial charge in [0.2, 0.25) is 0 Å². The summed E-state index contributed by atoms with van der Waals surface area (Å²) in [6.07, 6.45) is -3.23. The van der Waals surface area contributed by atoms with Crippen LogP contribution in [0.1, 0.15) is 25.1 Å². The lowest BCUT2D eigenvalue weighted by molar-refractivity contribution is -0.137. The van der Waals surface area contributed by atoms with E-state index >= 15 is 0 Å². The normalized spacial score (nSPS) is 22.0. The number of amides is 2. The van der Waals surface area contributed by atoms with Crippen molar-refractivity contribution in [3.05, 3.63) is 29.6 Å². The highest BCUT2D eigenvalue weighted by molar-refractivity contribution is 5.74. The monoisotopic (exact) mass is 331 g/mol. The second-order valence-corrected chi connectivity index (χ2v) is 5.68. The number of pyridine rings is 1. The van der Waals surface area contributed by atoms with Crippen LogP contribution in [0.25, 0.3) is 0 Å². The van der Waals surface area contributed by atoms with Gasteiger partial charge < -0.3 is 15.0 Å². The van der Waals surface area contributed by atoms with Crippen molar-refractivity contribution in [2.75, 3.05) is 19.6 Å². The number of urea groups is 1. The number of carbonyl (C=O) groups is 1. The van der Waals surface area contributed by atoms with Crippen molar-refractivity contribution in [3.8, 4) is 0 Å². The van der Waals surface area contributed by atoms with Crippen molar-refractivity contribution in [2.45, 2.75) is 38.7 Å². The molecule has 0 aliphatic carbocycles. The van der Waals surface area contributed by atoms with Crippen molar-refractivity contribution >= 4 is 6.03 Å². The minimum Gasteiger partial charge on any atom is -0.372 e. The van der Waals surface area contributed by atoms with Crippen molar-refractivity contribution in [2.24, 2.45) is 0 Å². The van der Waals surface area contributed by atoms with E-state index in [0.29, 0.717) is 31.7 Å². The van der Waals surface area contributed by atoms with Gasteiger partial charge in [-0.05, 0) is 26.0 Å². The number of ether oxygens (including phenoxy) is 1. The first-order valence-electron chi connectivity index (χ1n) is 7.46. The van der Waals surface area contributed by atoms with Crippen LogP contribution < -0.4 is 5.32 Å². The van der Waals surface area contributed by atoms with Crippen LogP contribution in [0.4, 0.5) is 18.0 Å². The second-order valence-electron chi connectivity index (χ2n) is 5.68. The van der Waals surface area contributed by atoms with Crippen LogP contribution in [0.15, 0.2) is 18.3 Å². The number of morpholine rings is 1. The number of carbonyl (C=O) groups excluding carboxylic acids is 1. The fourth-order valence-electron chi connectivity index (χ4n) is 2.49. The SMILES string of the molecule is C[C@@H]1CN(C(=O)NCCc2ccc(C(F)(F)F)cn2)C[C@H](C)O1. The zero-order valence-corrected chi connectivity index (χ0v) is 13.1. The molecule has 23 heavy (non-hydrogen) atoms. The zero-order valence-electron chi connectivity index (χ0n) is 13.1. The maximum Gasteiger partial charge on any atom is 0.417 e. The molecule has 5 nitrogen and oxygen atoms in total. The summed E-state index contributed by atoms with van der Waals surface area (Å²) < 4.78 is 42.9. The van der Waals surface area contributed by atoms with E-state index in [4.69, 9.17) is 4.74 Å². The van der Waals surface area contributed by atoms with Gasteiger partial charge >= 0.3 is 12.2 Å². The van der Waals surface area contributed by atoms with Gasteiger partial charge in [0, 0.05) is 37.9 Å². The first-order valence-corrected chi connectivity index (χ1v) is 7.46. The van der Waals surface area contributed by atoms with E-state index in [1.165, 1.54) is 6.07 Å². The number of hydrogen-bond donors (Lipinski definition) is 1. The first-order chi connectivity index (χ1) is 10.8. The molecule has 1 saturated heterocycles. The average Bonchev–Trinajstić information content (AvgIpc) is 2.45. The number of rotatable bonds is 3. The maximum atomic E-state index is 12.4. The number of halogens is 3. The van der Waals surface area contributed by atoms with Gasteiger partial charge in [-0.1, -0.05) is 0 Å². The third kappa shape index (κ3) is 5.09. The fraction of sp³-hybridized carbons (Fsp3) is 0.600. The van der Waals surface area contributed by atoms with Crippen LogP contribution in [0.3, 0.4) is 0 Å². The highest BCUT2D eigenvalue weighted by Crippen LogP contribution is 2.28. The van der Waals surface area contributed by atoms with Gasteiger partial charge in [0.05, 0.1) is 17.8 Å². The summed E-state index contributed by atoms with van der Waals surface area (Å²) in [5.41, 5.74) is -0.274. The molecule has 0 saturated carbocycles. The Labute approximate surface area is 132 Å². The smallest absolute Gasteiger partial charge is 0.372 e. The summed E-state index contributed by atoms with van der Waals surface area (Å²) in [6, 6.07) is 2.13. The Morgan fingerprint density at radius 3 is 2.52 bits per heavy atom. The molecule has 0 radical (unpaired) electrons. The lowest BCUT2D eigenvalue weighted by Gasteiger charge is -2.35. The molecule has 1 aromatic heterocycles. The van der Waals surface area contributed by atoms with Crippen LogP contribution in [-0.4, -0.2) is 47.8 Å². The molecule has 128 valence electrons. The molecule has 8 heteroatoms. The van der Waals surface area contributed by atoms with Gasteiger partial charge in [0.1, 0.15) is 0 Å². The van der Waals surface area contributed by atoms with Crippen molar-refractivity contribution in [3.63, 3.8) is 0 Å². The van der Waals surface area contributed by atoms with E-state index < -0.39 is 11.7 Å². The van der Waals surface area contributed by atoms with Crippen LogP contribution in [-0.2, 0) is 17.3 Å². The third-order valence-corrected chi connectivity index (χ3v) is 3.52. The summed E-state index contributed by atoms with van der Waals surface area (Å²) in [7, 11) is 0. The highest BCUT2D eigenvalue weighted by atomic mass is 19.4. The number of alkyl halides is 3. The molecule has 1 N–H and O–H groups in total. The van der Waals surface area contributed by atoms with E-state index in [1.54, 1.807) is 4.90 Å². The predicted molar refractivity (Wildman–Crippen MR) is 77.9 cm³/mol. The first kappa shape index (κ1) is 17.5. The molecule has 2 rings (SSSR count). The lowest BCUT2D eigenvalue weighted by Crippen LogP contribution is -2.51. The van der Waals surface area contributed by atoms with Crippen LogP contribution >= 0.6 is 0 Å². The standard InChI is InChI=1S/C15H20F3N3O2/c1-10-8-21(9-11(2)23-10)14(22)19-6-5-13-4-3-12(7-20-13)15(16,17)18/h3-4,7,10-11H,5-6,8-9H2,1-2H3,(H,19,22)/t10-,11+. The number of aromatic nitrogens is 1. The molecule has 2 heterocycles. The van der Waals surface area contributed by atoms with E-state index in [9.17, 15) is 18.0 Å². The molecule has 0 unspecified atom stereocenters. The number of hydrogen-bond acceptors (Lipinski definition) is 3. The number of nitrogens with one attached hydrogen (secondary N) is 1. The molecule has 1 aliphatic rings. The summed E-state index contributed by atoms with van der Waals surface area (Å²) in [6.45, 7) is 5.17. The highest BCUT2D eigenvalue weighted by Gasteiger charge is 2.30. The van der Waals surface area contributed by atoms with Crippen molar-refractivity contribution in [1.82, 2.24) is 15.2 Å². The molecule has 0 aromatic carbocycles. The minimum atomic E-state index is -4.39. The van der Waals surface area contributed by atoms with Crippen molar-refractivity contribution in [1.29, 1.82) is 0 Å². The Bertz CT molecular complexity index is 524. The van der Waals surface area contributed by atoms with Gasteiger partial charge in [0.25, 0.3) is 0 Å². The molecule has 1 fully saturated rings. The quantitative estimate of drug-likeness (QED) is 0.926. The molecule has 1 aromatic rings. The third-order valence-electron chi connectivity index (χ3n) is 3.52. The Balaban J connectivity index is 1.79. The van der Waals surface area contributed by atoms with E-state index in [2.05, 4.69) is 10.3 Å². The van der Waals surface area contributed by atoms with E-state index in [-0.39, 0.29) is 18.2 Å². The minimum absolute atomic E-state index is 0.0129. The fourth-order valence-corrected chi connectivity index (χ4v) is 2.49. The van der Waals surface area contributed by atoms with E-state index in [0.717, 1.165) is 12.3 Å². The van der Waals surface area contributed by atoms with Gasteiger partial charge in [-0.3, -0.25) is 4.98 Å². The Morgan fingerprint density at radius 1 is 1.35 bits per heavy atom. The Kier molecular flexibility index (Phi) is 5.46. The van der Waals surface area contributed by atoms with Gasteiger partial charge in [-0.15, -0.1) is 0 Å². The topological polar surface area (TPSA) is 54.5 Å². The van der Waals surface area contributed by atoms with E-state index in [1.807, 2.05) is 13.8 Å². The largest absolute Gasteiger partial charge is 0.417 e. The molecular formula is C15H20F3N3O2. The predicted octanol–water partition coefficient (Wildman–Crippen LogP) is 2.46. The molecule has 2 atom stereocenters. The van der Waals surface area contributed by atoms with Gasteiger partial charge in [-0.25, -0.2) is 4.79 Å². The molecule has 0 spiro atoms. The van der Waals surface area contributed by atoms with Crippen LogP contribution in [0.5, 0.6) is 0 Å². The van der Waals surface area contributed by atoms with Gasteiger partial charge in [0.15, 0.2) is 0 Å². The summed E-state index contributed by atoms with van der Waals surface area (Å²) in [5, 5.41) is 2.76. The summed E-state index contributed by atoms with van der Waals surface area (Å²) in [4.78, 5) is 17.5. The molecule has 0 bridgehead atoms. The molecule has 1 aliphatic heterocycles. The average molecular weight is 331 g/mol. The maximum absolute atomic E-state index is 12.4. The Hall–Kier alpha value is -1.83. The zero-order chi connectivity index (χ0) is 17.0. The number of nitrogens with zero attached hydrogens (tertiary/aromatic N) is 2. The molecule has 2 amide bonds. The molecular weight excluding hydrogens is 311 g/mol. The Morgan fingerprint density at radius 2 is 2.00 bits per heavy atom. The summed E-state index contributed by atoms with van der Waals surface area (Å²) >= 11 is 0. The van der Waals surface area contributed by atoms with Gasteiger partial charge in [-0.2, -0.15) is 13.2 Å². The van der Waals surface area contributed by atoms with Crippen molar-refractivity contribution < 1.29 is 22.7 Å². The lowest BCUT2D eigenvalue weighted by atomic mass is 10.2.